The van der Waals surface area contributed by atoms with E-state index in [0.717, 1.165) is 0 Å². The molecular weight excluding hydrogens is 192 g/mol. The average Bonchev–Trinajstić information content (AvgIpc) is 2.19. The molecule has 0 N–H and O–H groups in total. The van der Waals surface area contributed by atoms with Crippen LogP contribution >= 0.6 is 0 Å². The zero-order valence-electron chi connectivity index (χ0n) is 12.2. The second-order valence-electron chi connectivity index (χ2n) is 6.02. The van der Waals surface area contributed by atoms with E-state index in [1.54, 1.807) is 5.57 Å². The standard InChI is InChI=1S/C16H30/c1-7-9-10-14(3)13-15(8-2)11-12-16(4,5)6/h8,10H,7,9,11-13H2,1-6H3. The SMILES string of the molecule is CC=C(CCC(C)(C)C)CC(C)=CCCC. The molecule has 0 radical (unpaired) electrons. The van der Waals surface area contributed by atoms with Gasteiger partial charge in [0.15, 0.2) is 0 Å². The van der Waals surface area contributed by atoms with Gasteiger partial charge < -0.3 is 0 Å². The summed E-state index contributed by atoms with van der Waals surface area (Å²) in [5, 5.41) is 0. The first kappa shape index (κ1) is 15.5. The average molecular weight is 222 g/mol. The van der Waals surface area contributed by atoms with Crippen molar-refractivity contribution in [2.75, 3.05) is 0 Å². The van der Waals surface area contributed by atoms with Crippen LogP contribution in [-0.4, -0.2) is 0 Å². The monoisotopic (exact) mass is 222 g/mol. The van der Waals surface area contributed by atoms with Gasteiger partial charge in [-0.1, -0.05) is 57.4 Å². The fraction of sp³-hybridized carbons (Fsp3) is 0.750. The molecule has 0 aromatic rings. The van der Waals surface area contributed by atoms with Crippen molar-refractivity contribution in [1.82, 2.24) is 0 Å². The molecule has 0 amide bonds. The number of hydrogen-bond acceptors (Lipinski definition) is 0. The summed E-state index contributed by atoms with van der Waals surface area (Å²) in [6.45, 7) is 13.6. The van der Waals surface area contributed by atoms with E-state index in [0.29, 0.717) is 5.41 Å². The number of unbranched alkanes of at least 4 members (excludes halogenated alkanes) is 1. The molecule has 0 aliphatic carbocycles. The summed E-state index contributed by atoms with van der Waals surface area (Å²) in [6, 6.07) is 0. The quantitative estimate of drug-likeness (QED) is 0.491. The van der Waals surface area contributed by atoms with Crippen molar-refractivity contribution in [3.8, 4) is 0 Å². The largest absolute Gasteiger partial charge is 0.0881 e. The normalized spacial score (nSPS) is 14.4. The molecule has 0 saturated heterocycles. The van der Waals surface area contributed by atoms with Crippen molar-refractivity contribution in [2.24, 2.45) is 5.41 Å². The van der Waals surface area contributed by atoms with E-state index in [-0.39, 0.29) is 0 Å². The van der Waals surface area contributed by atoms with Crippen molar-refractivity contribution in [1.29, 1.82) is 0 Å². The summed E-state index contributed by atoms with van der Waals surface area (Å²) < 4.78 is 0. The van der Waals surface area contributed by atoms with E-state index in [2.05, 4.69) is 53.7 Å². The minimum absolute atomic E-state index is 0.454. The topological polar surface area (TPSA) is 0 Å². The van der Waals surface area contributed by atoms with Crippen LogP contribution in [0.4, 0.5) is 0 Å². The van der Waals surface area contributed by atoms with Crippen molar-refractivity contribution < 1.29 is 0 Å². The van der Waals surface area contributed by atoms with Crippen molar-refractivity contribution in [3.05, 3.63) is 23.3 Å². The summed E-state index contributed by atoms with van der Waals surface area (Å²) in [5.41, 5.74) is 3.58. The van der Waals surface area contributed by atoms with Gasteiger partial charge in [0, 0.05) is 0 Å². The zero-order valence-corrected chi connectivity index (χ0v) is 12.2. The van der Waals surface area contributed by atoms with Crippen molar-refractivity contribution in [2.45, 2.75) is 73.6 Å². The zero-order chi connectivity index (χ0) is 12.6. The molecule has 94 valence electrons. The predicted octanol–water partition coefficient (Wildman–Crippen LogP) is 5.90. The maximum atomic E-state index is 2.39. The number of allylic oxidation sites excluding steroid dienone is 4. The molecule has 0 fully saturated rings. The fourth-order valence-electron chi connectivity index (χ4n) is 1.69. The van der Waals surface area contributed by atoms with Gasteiger partial charge in [-0.15, -0.1) is 0 Å². The molecule has 0 saturated carbocycles. The molecule has 0 rings (SSSR count). The van der Waals surface area contributed by atoms with Crippen LogP contribution < -0.4 is 0 Å². The third-order valence-electron chi connectivity index (χ3n) is 2.89. The second kappa shape index (κ2) is 7.70. The van der Waals surface area contributed by atoms with E-state index < -0.39 is 0 Å². The van der Waals surface area contributed by atoms with Gasteiger partial charge in [-0.25, -0.2) is 0 Å². The lowest BCUT2D eigenvalue weighted by atomic mass is 9.87. The minimum atomic E-state index is 0.454. The van der Waals surface area contributed by atoms with Crippen LogP contribution in [0.3, 0.4) is 0 Å². The van der Waals surface area contributed by atoms with Gasteiger partial charge >= 0.3 is 0 Å². The highest BCUT2D eigenvalue weighted by molar-refractivity contribution is 5.13. The van der Waals surface area contributed by atoms with Gasteiger partial charge in [0.25, 0.3) is 0 Å². The van der Waals surface area contributed by atoms with E-state index in [9.17, 15) is 0 Å². The fourth-order valence-corrected chi connectivity index (χ4v) is 1.69. The van der Waals surface area contributed by atoms with Gasteiger partial charge in [0.2, 0.25) is 0 Å². The molecular formula is C16H30. The third-order valence-corrected chi connectivity index (χ3v) is 2.89. The lowest BCUT2D eigenvalue weighted by Gasteiger charge is -2.19. The first-order valence-corrected chi connectivity index (χ1v) is 6.68. The molecule has 0 aromatic carbocycles. The van der Waals surface area contributed by atoms with Crippen LogP contribution in [0.1, 0.15) is 73.6 Å². The number of hydrogen-bond donors (Lipinski definition) is 0. The third kappa shape index (κ3) is 8.76. The van der Waals surface area contributed by atoms with Crippen molar-refractivity contribution >= 4 is 0 Å². The Morgan fingerprint density at radius 3 is 2.25 bits per heavy atom. The van der Waals surface area contributed by atoms with E-state index >= 15 is 0 Å². The van der Waals surface area contributed by atoms with Gasteiger partial charge in [0.05, 0.1) is 0 Å². The van der Waals surface area contributed by atoms with E-state index in [1.807, 2.05) is 0 Å². The molecule has 0 aromatic heterocycles. The maximum Gasteiger partial charge on any atom is -0.0111 e. The van der Waals surface area contributed by atoms with Crippen LogP contribution in [0, 0.1) is 5.41 Å². The lowest BCUT2D eigenvalue weighted by Crippen LogP contribution is -2.05. The van der Waals surface area contributed by atoms with Gasteiger partial charge in [-0.2, -0.15) is 0 Å². The molecule has 0 spiro atoms. The van der Waals surface area contributed by atoms with E-state index in [1.165, 1.54) is 37.7 Å². The highest BCUT2D eigenvalue weighted by atomic mass is 14.2. The first-order chi connectivity index (χ1) is 7.39. The molecule has 0 heteroatoms. The Labute approximate surface area is 103 Å². The summed E-state index contributed by atoms with van der Waals surface area (Å²) >= 11 is 0. The summed E-state index contributed by atoms with van der Waals surface area (Å²) in [6.07, 6.45) is 10.9. The number of rotatable bonds is 6. The Kier molecular flexibility index (Phi) is 7.45. The van der Waals surface area contributed by atoms with Gasteiger partial charge in [-0.05, 0) is 44.9 Å². The second-order valence-corrected chi connectivity index (χ2v) is 6.02. The summed E-state index contributed by atoms with van der Waals surface area (Å²) in [4.78, 5) is 0. The molecule has 0 nitrogen and oxygen atoms in total. The Morgan fingerprint density at radius 2 is 1.81 bits per heavy atom. The molecule has 0 heterocycles. The van der Waals surface area contributed by atoms with Crippen LogP contribution in [0.15, 0.2) is 23.3 Å². The van der Waals surface area contributed by atoms with Crippen LogP contribution in [0.2, 0.25) is 0 Å². The van der Waals surface area contributed by atoms with E-state index in [4.69, 9.17) is 0 Å². The Hall–Kier alpha value is -0.520. The molecule has 0 unspecified atom stereocenters. The summed E-state index contributed by atoms with van der Waals surface area (Å²) in [5.74, 6) is 0. The predicted molar refractivity (Wildman–Crippen MR) is 75.7 cm³/mol. The smallest absolute Gasteiger partial charge is 0.0111 e. The Balaban J connectivity index is 4.12. The maximum absolute atomic E-state index is 2.39. The Morgan fingerprint density at radius 1 is 1.19 bits per heavy atom. The van der Waals surface area contributed by atoms with Gasteiger partial charge in [-0.3, -0.25) is 0 Å². The summed E-state index contributed by atoms with van der Waals surface area (Å²) in [7, 11) is 0. The highest BCUT2D eigenvalue weighted by Crippen LogP contribution is 2.26. The highest BCUT2D eigenvalue weighted by Gasteiger charge is 2.10. The van der Waals surface area contributed by atoms with Crippen LogP contribution in [0.5, 0.6) is 0 Å². The molecule has 0 atom stereocenters. The van der Waals surface area contributed by atoms with Crippen LogP contribution in [0.25, 0.3) is 0 Å². The Bertz CT molecular complexity index is 235. The molecule has 0 aliphatic rings. The van der Waals surface area contributed by atoms with Crippen molar-refractivity contribution in [3.63, 3.8) is 0 Å². The van der Waals surface area contributed by atoms with Gasteiger partial charge in [0.1, 0.15) is 0 Å². The molecule has 16 heavy (non-hydrogen) atoms. The minimum Gasteiger partial charge on any atom is -0.0881 e. The van der Waals surface area contributed by atoms with Crippen LogP contribution in [-0.2, 0) is 0 Å². The molecule has 0 bridgehead atoms. The first-order valence-electron chi connectivity index (χ1n) is 6.68. The molecule has 0 aliphatic heterocycles. The lowest BCUT2D eigenvalue weighted by molar-refractivity contribution is 0.376.